The maximum absolute atomic E-state index is 13.1. The van der Waals surface area contributed by atoms with E-state index in [-0.39, 0.29) is 77.3 Å². The molecule has 8 aromatic heterocycles. The van der Waals surface area contributed by atoms with Crippen molar-refractivity contribution in [2.75, 3.05) is 14.2 Å². The summed E-state index contributed by atoms with van der Waals surface area (Å²) in [5.41, 5.74) is 4.21. The molecule has 14 rings (SSSR count). The Hall–Kier alpha value is -11.2. The SMILES string of the molecule is COc1cc2c(=O)[nH]cnc2cn1.COc1cc2c(Cl)ncnc2cn1.Cc1cc2c(Oc3ccc(CC(=O)C4(C(=O)Cc5ccc(F)cc5)CC4)cc3)ncnc2cn1.O=C(Cc1ccc(O)cc1)C1(C(=O)Cc2ccc(F)cc2)CC1.O=c1[nH]cnc2cnc(Cl)cc12. The monoisotopic (exact) mass is 1320 g/mol. The predicted molar refractivity (Wildman–Crippen MR) is 348 cm³/mol. The average molecular weight is 1320 g/mol. The molecule has 26 heteroatoms. The van der Waals surface area contributed by atoms with Gasteiger partial charge in [0.1, 0.15) is 46.1 Å². The number of nitrogens with one attached hydrogen (secondary N) is 2. The summed E-state index contributed by atoms with van der Waals surface area (Å²) in [5.74, 6) is 1.06. The summed E-state index contributed by atoms with van der Waals surface area (Å²) in [5, 5.41) is 12.4. The Bertz CT molecular complexity index is 4850. The summed E-state index contributed by atoms with van der Waals surface area (Å²) in [4.78, 5) is 118. The first-order valence-corrected chi connectivity index (χ1v) is 30.0. The molecule has 2 aliphatic carbocycles. The van der Waals surface area contributed by atoms with Crippen LogP contribution in [0.5, 0.6) is 29.1 Å². The molecule has 2 saturated carbocycles. The summed E-state index contributed by atoms with van der Waals surface area (Å²) in [6, 6.07) is 31.9. The second-order valence-corrected chi connectivity index (χ2v) is 22.6. The zero-order chi connectivity index (χ0) is 67.2. The van der Waals surface area contributed by atoms with Gasteiger partial charge in [-0.1, -0.05) is 71.7 Å². The summed E-state index contributed by atoms with van der Waals surface area (Å²) in [6.07, 6.45) is 14.7. The van der Waals surface area contributed by atoms with Crippen molar-refractivity contribution >= 4 is 89.9 Å². The first-order chi connectivity index (χ1) is 45.8. The number of aromatic amines is 2. The van der Waals surface area contributed by atoms with Gasteiger partial charge in [-0.05, 0) is 116 Å². The Morgan fingerprint density at radius 1 is 0.484 bits per heavy atom. The quantitative estimate of drug-likeness (QED) is 0.0460. The molecule has 0 bridgehead atoms. The summed E-state index contributed by atoms with van der Waals surface area (Å²) >= 11 is 11.5. The van der Waals surface area contributed by atoms with Gasteiger partial charge >= 0.3 is 0 Å². The number of nitrogens with zero attached hydrogens (tertiary/aromatic N) is 10. The fourth-order valence-corrected chi connectivity index (χ4v) is 10.2. The van der Waals surface area contributed by atoms with Crippen molar-refractivity contribution in [2.24, 2.45) is 10.8 Å². The van der Waals surface area contributed by atoms with Gasteiger partial charge in [0.05, 0.1) is 101 Å². The number of ketones is 4. The van der Waals surface area contributed by atoms with Crippen LogP contribution in [0.3, 0.4) is 0 Å². The van der Waals surface area contributed by atoms with E-state index in [1.54, 1.807) is 80.2 Å². The lowest BCUT2D eigenvalue weighted by Crippen LogP contribution is -2.28. The number of aromatic hydroxyl groups is 1. The largest absolute Gasteiger partial charge is 0.508 e. The molecule has 0 aliphatic heterocycles. The Kier molecular flexibility index (Phi) is 21.1. The lowest BCUT2D eigenvalue weighted by atomic mass is 9.88. The molecule has 2 fully saturated rings. The maximum atomic E-state index is 13.1. The van der Waals surface area contributed by atoms with Gasteiger partial charge < -0.3 is 29.3 Å². The number of carbonyl (C=O) groups excluding carboxylic acids is 4. The lowest BCUT2D eigenvalue weighted by molar-refractivity contribution is -0.135. The highest BCUT2D eigenvalue weighted by Gasteiger charge is 2.55. The Labute approximate surface area is 548 Å². The fraction of sp³-hybridized carbons (Fsp3) is 0.188. The van der Waals surface area contributed by atoms with Gasteiger partial charge in [0, 0.05) is 48.9 Å². The Balaban J connectivity index is 0.000000139. The minimum Gasteiger partial charge on any atom is -0.508 e. The van der Waals surface area contributed by atoms with Crippen LogP contribution >= 0.6 is 23.2 Å². The summed E-state index contributed by atoms with van der Waals surface area (Å²) < 4.78 is 41.8. The number of H-pyrrole nitrogens is 2. The van der Waals surface area contributed by atoms with Gasteiger partial charge in [-0.3, -0.25) is 33.8 Å². The molecule has 12 aromatic rings. The van der Waals surface area contributed by atoms with E-state index < -0.39 is 10.8 Å². The molecule has 3 N–H and O–H groups in total. The molecule has 0 saturated heterocycles. The number of pyridine rings is 4. The molecule has 8 heterocycles. The van der Waals surface area contributed by atoms with E-state index in [4.69, 9.17) is 37.4 Å². The highest BCUT2D eigenvalue weighted by atomic mass is 35.5. The zero-order valence-corrected chi connectivity index (χ0v) is 52.4. The fourth-order valence-electron chi connectivity index (χ4n) is 9.85. The number of rotatable bonds is 16. The third-order valence-corrected chi connectivity index (χ3v) is 16.0. The second-order valence-electron chi connectivity index (χ2n) is 21.9. The molecule has 0 spiro atoms. The van der Waals surface area contributed by atoms with E-state index in [0.717, 1.165) is 38.7 Å². The Morgan fingerprint density at radius 2 is 0.884 bits per heavy atom. The lowest BCUT2D eigenvalue weighted by Gasteiger charge is -2.13. The van der Waals surface area contributed by atoms with Crippen molar-refractivity contribution in [1.29, 1.82) is 0 Å². The number of fused-ring (bicyclic) bond motifs is 4. The minimum atomic E-state index is -0.907. The van der Waals surface area contributed by atoms with E-state index in [1.807, 2.05) is 25.1 Å². The van der Waals surface area contributed by atoms with Crippen LogP contribution in [0.25, 0.3) is 43.6 Å². The summed E-state index contributed by atoms with van der Waals surface area (Å²) in [7, 11) is 3.05. The number of phenolic OH excluding ortho intramolecular Hbond substituents is 1. The molecule has 480 valence electrons. The molecule has 22 nitrogen and oxygen atoms in total. The number of aromatic nitrogens is 12. The number of halogens is 4. The van der Waals surface area contributed by atoms with E-state index >= 15 is 0 Å². The third kappa shape index (κ3) is 16.9. The minimum absolute atomic E-state index is 0.0713. The number of ether oxygens (including phenoxy) is 3. The van der Waals surface area contributed by atoms with Gasteiger partial charge in [0.15, 0.2) is 23.1 Å². The van der Waals surface area contributed by atoms with E-state index in [9.17, 15) is 42.7 Å². The zero-order valence-electron chi connectivity index (χ0n) is 50.9. The van der Waals surface area contributed by atoms with Crippen LogP contribution in [0, 0.1) is 29.4 Å². The molecule has 0 atom stereocenters. The van der Waals surface area contributed by atoms with Crippen LogP contribution in [-0.4, -0.2) is 102 Å². The first-order valence-electron chi connectivity index (χ1n) is 29.2. The number of methoxy groups -OCH3 is 2. The van der Waals surface area contributed by atoms with Crippen molar-refractivity contribution in [2.45, 2.75) is 58.3 Å². The van der Waals surface area contributed by atoms with Crippen LogP contribution in [0.1, 0.15) is 53.6 Å². The van der Waals surface area contributed by atoms with E-state index in [2.05, 4.69) is 59.8 Å². The van der Waals surface area contributed by atoms with Crippen molar-refractivity contribution < 1.29 is 47.3 Å². The highest BCUT2D eigenvalue weighted by molar-refractivity contribution is 6.34. The topological polar surface area (TPSA) is 311 Å². The van der Waals surface area contributed by atoms with Gasteiger partial charge in [0.25, 0.3) is 11.1 Å². The molecule has 0 amide bonds. The number of carbonyl (C=O) groups is 4. The first kappa shape index (κ1) is 66.7. The number of phenols is 1. The normalized spacial score (nSPS) is 12.8. The van der Waals surface area contributed by atoms with Crippen LogP contribution in [0.4, 0.5) is 8.78 Å². The van der Waals surface area contributed by atoms with Gasteiger partial charge in [0.2, 0.25) is 17.6 Å². The van der Waals surface area contributed by atoms with Crippen LogP contribution < -0.4 is 25.3 Å². The van der Waals surface area contributed by atoms with Gasteiger partial charge in [-0.15, -0.1) is 0 Å². The molecule has 4 aromatic carbocycles. The number of hydrogen-bond acceptors (Lipinski definition) is 20. The van der Waals surface area contributed by atoms with Crippen molar-refractivity contribution in [3.05, 3.63) is 242 Å². The predicted octanol–water partition coefficient (Wildman–Crippen LogP) is 11.2. The molecule has 0 unspecified atom stereocenters. The van der Waals surface area contributed by atoms with Gasteiger partial charge in [-0.2, -0.15) is 0 Å². The van der Waals surface area contributed by atoms with Crippen molar-refractivity contribution in [1.82, 2.24) is 59.8 Å². The van der Waals surface area contributed by atoms with Crippen molar-refractivity contribution in [3.63, 3.8) is 0 Å². The van der Waals surface area contributed by atoms with Crippen LogP contribution in [-0.2, 0) is 44.9 Å². The van der Waals surface area contributed by atoms with E-state index in [0.29, 0.717) is 92.2 Å². The highest BCUT2D eigenvalue weighted by Crippen LogP contribution is 2.50. The molecule has 0 radical (unpaired) electrons. The molecular formula is C69H56Cl2F2N12O10. The standard InChI is InChI=1S/C27H22FN3O3.C19H17FO3.C8H6ClN3O.C8H7N3O2.C7H4ClN3O/c1-17-12-22-23(15-29-17)30-16-31-26(22)34-21-8-4-19(5-9-21)14-25(33)27(10-11-27)24(32)13-18-2-6-20(28)7-3-18;20-15-5-1-13(2-6-15)11-17(22)19(9-10-19)18(23)12-14-3-7-16(21)8-4-14;1-13-7-2-5-6(3-10-7)11-4-12-8(5)9;1-13-7-2-5-6(3-9-7)10-4-11-8(5)12;8-6-1-4-5(2-9-6)10-3-11-7(4)12/h2-9,12,15-16H,10-11,13-14H2,1H3;1-8,21H,9-12H2;2-4H,1H3;2-4H,1H3,(H,10,11,12);1-3H,(H,10,11,12). The molecular weight excluding hydrogens is 1270 g/mol. The number of Topliss-reactive ketones (excluding diaryl/α,β-unsaturated/α-hetero) is 4. The molecule has 95 heavy (non-hydrogen) atoms. The Morgan fingerprint density at radius 3 is 1.36 bits per heavy atom. The second kappa shape index (κ2) is 30.0. The summed E-state index contributed by atoms with van der Waals surface area (Å²) in [6.45, 7) is 1.89. The van der Waals surface area contributed by atoms with E-state index in [1.165, 1.54) is 87.3 Å². The van der Waals surface area contributed by atoms with Crippen LogP contribution in [0.15, 0.2) is 181 Å². The molecule has 2 aliphatic rings. The average Bonchev–Trinajstić information content (AvgIpc) is 1.64. The smallest absolute Gasteiger partial charge is 0.258 e. The number of aryl methyl sites for hydroxylation is 1. The number of benzene rings is 4. The van der Waals surface area contributed by atoms with Gasteiger partial charge in [-0.25, -0.2) is 53.6 Å². The third-order valence-electron chi connectivity index (χ3n) is 15.5. The van der Waals surface area contributed by atoms with Crippen LogP contribution in [0.2, 0.25) is 10.3 Å². The number of hydrogen-bond donors (Lipinski definition) is 3. The maximum Gasteiger partial charge on any atom is 0.258 e. The van der Waals surface area contributed by atoms with Crippen molar-refractivity contribution in [3.8, 4) is 29.1 Å².